The Labute approximate surface area is 117 Å². The summed E-state index contributed by atoms with van der Waals surface area (Å²) in [7, 11) is 0. The van der Waals surface area contributed by atoms with Crippen LogP contribution in [0.1, 0.15) is 0 Å². The van der Waals surface area contributed by atoms with Gasteiger partial charge in [-0.05, 0) is 17.1 Å². The Hall–Kier alpha value is -1.29. The molecule has 2 heterocycles. The van der Waals surface area contributed by atoms with E-state index in [1.54, 1.807) is 23.7 Å². The molecule has 17 heavy (non-hydrogen) atoms. The van der Waals surface area contributed by atoms with Crippen molar-refractivity contribution in [2.45, 2.75) is 0 Å². The Kier molecular flexibility index (Phi) is 3.84. The molecule has 0 saturated carbocycles. The summed E-state index contributed by atoms with van der Waals surface area (Å²) in [5.74, 6) is 0.871. The minimum Gasteiger partial charge on any atom is -0.438 e. The molecule has 0 spiro atoms. The van der Waals surface area contributed by atoms with Gasteiger partial charge in [-0.15, -0.1) is 0 Å². The van der Waals surface area contributed by atoms with Crippen LogP contribution < -0.4 is 0 Å². The van der Waals surface area contributed by atoms with E-state index >= 15 is 0 Å². The van der Waals surface area contributed by atoms with E-state index in [9.17, 15) is 0 Å². The van der Waals surface area contributed by atoms with Crippen molar-refractivity contribution < 1.29 is 20.1 Å². The third-order valence-electron chi connectivity index (χ3n) is 2.23. The topological polar surface area (TPSA) is 30.7 Å². The van der Waals surface area contributed by atoms with Crippen LogP contribution in [0.25, 0.3) is 16.5 Å². The van der Waals surface area contributed by atoms with Crippen molar-refractivity contribution in [1.29, 1.82) is 0 Å². The molecule has 0 bridgehead atoms. The number of hydrogen-bond acceptors (Lipinski definition) is 3. The molecule has 0 aliphatic carbocycles. The molecular formula is C12H8IrN3S-. The van der Waals surface area contributed by atoms with Crippen molar-refractivity contribution >= 4 is 11.3 Å². The fourth-order valence-corrected chi connectivity index (χ4v) is 2.14. The predicted octanol–water partition coefficient (Wildman–Crippen LogP) is 2.79. The second-order valence-corrected chi connectivity index (χ2v) is 4.10. The number of benzene rings is 1. The summed E-state index contributed by atoms with van der Waals surface area (Å²) < 4.78 is 1.88. The molecule has 0 saturated heterocycles. The smallest absolute Gasteiger partial charge is 0.0825 e. The van der Waals surface area contributed by atoms with E-state index in [2.05, 4.69) is 16.2 Å². The van der Waals surface area contributed by atoms with Crippen LogP contribution in [0, 0.1) is 6.20 Å². The van der Waals surface area contributed by atoms with Crippen molar-refractivity contribution in [2.75, 3.05) is 0 Å². The zero-order chi connectivity index (χ0) is 10.8. The van der Waals surface area contributed by atoms with Crippen LogP contribution in [0.3, 0.4) is 0 Å². The molecular weight excluding hydrogens is 410 g/mol. The average Bonchev–Trinajstić information content (AvgIpc) is 3.01. The second kappa shape index (κ2) is 5.36. The van der Waals surface area contributed by atoms with E-state index in [4.69, 9.17) is 0 Å². The molecule has 0 amide bonds. The van der Waals surface area contributed by atoms with Crippen molar-refractivity contribution in [2.24, 2.45) is 0 Å². The first-order chi connectivity index (χ1) is 7.95. The van der Waals surface area contributed by atoms with E-state index < -0.39 is 0 Å². The van der Waals surface area contributed by atoms with Gasteiger partial charge in [0.25, 0.3) is 0 Å². The molecule has 0 unspecified atom stereocenters. The zero-order valence-electron chi connectivity index (χ0n) is 8.70. The number of thiazole rings is 1. The van der Waals surface area contributed by atoms with Crippen LogP contribution in [0.15, 0.2) is 48.1 Å². The number of nitrogens with zero attached hydrogens (tertiary/aromatic N) is 3. The van der Waals surface area contributed by atoms with Gasteiger partial charge in [0, 0.05) is 32.1 Å². The first-order valence-electron chi connectivity index (χ1n) is 4.86. The Balaban J connectivity index is 0.00000108. The zero-order valence-corrected chi connectivity index (χ0v) is 11.9. The van der Waals surface area contributed by atoms with Crippen molar-refractivity contribution in [3.8, 4) is 16.5 Å². The van der Waals surface area contributed by atoms with Crippen LogP contribution in [0.4, 0.5) is 0 Å². The van der Waals surface area contributed by atoms with Crippen LogP contribution in [0.5, 0.6) is 0 Å². The quantitative estimate of drug-likeness (QED) is 0.600. The number of aromatic nitrogens is 3. The van der Waals surface area contributed by atoms with E-state index in [0.717, 1.165) is 16.5 Å². The fourth-order valence-electron chi connectivity index (χ4n) is 1.53. The number of imidazole rings is 1. The van der Waals surface area contributed by atoms with Gasteiger partial charge < -0.3 is 9.55 Å². The molecule has 3 nitrogen and oxygen atoms in total. The summed E-state index contributed by atoms with van der Waals surface area (Å²) in [6.45, 7) is 0. The van der Waals surface area contributed by atoms with Gasteiger partial charge in [0.05, 0.1) is 5.13 Å². The van der Waals surface area contributed by atoms with Gasteiger partial charge in [0.15, 0.2) is 0 Å². The van der Waals surface area contributed by atoms with Crippen LogP contribution >= 0.6 is 11.3 Å². The van der Waals surface area contributed by atoms with E-state index in [-0.39, 0.29) is 20.1 Å². The van der Waals surface area contributed by atoms with E-state index in [0.29, 0.717) is 0 Å². The molecule has 1 radical (unpaired) electrons. The summed E-state index contributed by atoms with van der Waals surface area (Å²) in [6, 6.07) is 10.0. The SMILES string of the molecule is [Ir].[c-]1cnc(-c2ccccc2)n1-c1nccs1. The minimum atomic E-state index is 0. The normalized spacial score (nSPS) is 9.88. The maximum Gasteiger partial charge on any atom is 0.0825 e. The number of hydrogen-bond donors (Lipinski definition) is 0. The standard InChI is InChI=1S/C12H8N3S.Ir/c1-2-4-10(5-3-1)11-13-6-8-15(11)12-14-7-9-16-12;/h1-7,9H;/q-1;. The van der Waals surface area contributed by atoms with Gasteiger partial charge >= 0.3 is 0 Å². The van der Waals surface area contributed by atoms with Gasteiger partial charge in [-0.3, -0.25) is 4.98 Å². The van der Waals surface area contributed by atoms with E-state index in [1.807, 2.05) is 40.3 Å². The number of rotatable bonds is 2. The van der Waals surface area contributed by atoms with E-state index in [1.165, 1.54) is 0 Å². The van der Waals surface area contributed by atoms with Gasteiger partial charge in [-0.1, -0.05) is 36.5 Å². The van der Waals surface area contributed by atoms with Crippen LogP contribution in [-0.2, 0) is 20.1 Å². The van der Waals surface area contributed by atoms with Gasteiger partial charge in [0.2, 0.25) is 0 Å². The second-order valence-electron chi connectivity index (χ2n) is 3.23. The molecule has 0 atom stereocenters. The monoisotopic (exact) mass is 419 g/mol. The van der Waals surface area contributed by atoms with Gasteiger partial charge in [-0.25, -0.2) is 0 Å². The minimum absolute atomic E-state index is 0. The molecule has 3 aromatic rings. The molecule has 5 heteroatoms. The molecule has 0 N–H and O–H groups in total. The first-order valence-corrected chi connectivity index (χ1v) is 5.74. The van der Waals surface area contributed by atoms with Crippen molar-refractivity contribution in [1.82, 2.24) is 14.5 Å². The van der Waals surface area contributed by atoms with Crippen molar-refractivity contribution in [3.63, 3.8) is 0 Å². The summed E-state index contributed by atoms with van der Waals surface area (Å²) in [5, 5.41) is 2.83. The Morgan fingerprint density at radius 3 is 2.65 bits per heavy atom. The summed E-state index contributed by atoms with van der Waals surface area (Å²) >= 11 is 1.57. The third-order valence-corrected chi connectivity index (χ3v) is 2.98. The van der Waals surface area contributed by atoms with Gasteiger partial charge in [0.1, 0.15) is 0 Å². The summed E-state index contributed by atoms with van der Waals surface area (Å²) in [4.78, 5) is 8.57. The maximum absolute atomic E-state index is 4.32. The fraction of sp³-hybridized carbons (Fsp3) is 0. The first kappa shape index (κ1) is 12.2. The summed E-state index contributed by atoms with van der Waals surface area (Å²) in [6.07, 6.45) is 6.51. The van der Waals surface area contributed by atoms with Crippen LogP contribution in [-0.4, -0.2) is 14.5 Å². The average molecular weight is 419 g/mol. The van der Waals surface area contributed by atoms with Crippen molar-refractivity contribution in [3.05, 3.63) is 54.3 Å². The molecule has 0 aliphatic rings. The molecule has 0 fully saturated rings. The third kappa shape index (κ3) is 2.36. The molecule has 1 aromatic carbocycles. The predicted molar refractivity (Wildman–Crippen MR) is 63.5 cm³/mol. The largest absolute Gasteiger partial charge is 0.438 e. The Bertz CT molecular complexity index is 575. The Morgan fingerprint density at radius 1 is 1.12 bits per heavy atom. The maximum atomic E-state index is 4.32. The molecule has 0 aliphatic heterocycles. The summed E-state index contributed by atoms with van der Waals surface area (Å²) in [5.41, 5.74) is 1.07. The molecule has 3 rings (SSSR count). The Morgan fingerprint density at radius 2 is 1.94 bits per heavy atom. The molecule has 87 valence electrons. The molecule has 2 aromatic heterocycles. The van der Waals surface area contributed by atoms with Crippen LogP contribution in [0.2, 0.25) is 0 Å². The van der Waals surface area contributed by atoms with Gasteiger partial charge in [-0.2, -0.15) is 11.3 Å².